The second kappa shape index (κ2) is 10.3. The van der Waals surface area contributed by atoms with Gasteiger partial charge < -0.3 is 14.2 Å². The minimum absolute atomic E-state index is 0.00603. The lowest BCUT2D eigenvalue weighted by Crippen LogP contribution is -2.40. The third kappa shape index (κ3) is 5.03. The number of ether oxygens (including phenoxy) is 3. The van der Waals surface area contributed by atoms with Gasteiger partial charge in [0.25, 0.3) is 5.91 Å². The number of amides is 1. The summed E-state index contributed by atoms with van der Waals surface area (Å²) in [5.74, 6) is 1.64. The molecular weight excluding hydrogens is 436 g/mol. The molecule has 0 aromatic heterocycles. The number of aliphatic imine (C=N–C) groups is 1. The summed E-state index contributed by atoms with van der Waals surface area (Å²) in [5.41, 5.74) is 2.84. The van der Waals surface area contributed by atoms with Gasteiger partial charge in [-0.15, -0.1) is 0 Å². The van der Waals surface area contributed by atoms with Gasteiger partial charge in [-0.05, 0) is 67.4 Å². The van der Waals surface area contributed by atoms with Gasteiger partial charge in [0, 0.05) is 6.04 Å². The van der Waals surface area contributed by atoms with Crippen molar-refractivity contribution in [3.05, 3.63) is 52.4 Å². The van der Waals surface area contributed by atoms with Crippen molar-refractivity contribution in [2.24, 2.45) is 4.99 Å². The van der Waals surface area contributed by atoms with E-state index < -0.39 is 0 Å². The lowest BCUT2D eigenvalue weighted by atomic mass is 9.94. The molecule has 0 spiro atoms. The topological polar surface area (TPSA) is 60.4 Å². The Morgan fingerprint density at radius 3 is 2.18 bits per heavy atom. The molecule has 2 aromatic rings. The quantitative estimate of drug-likeness (QED) is 0.492. The van der Waals surface area contributed by atoms with Gasteiger partial charge in [0.2, 0.25) is 5.75 Å². The highest BCUT2D eigenvalue weighted by atomic mass is 32.2. The zero-order chi connectivity index (χ0) is 23.4. The summed E-state index contributed by atoms with van der Waals surface area (Å²) >= 11 is 1.43. The largest absolute Gasteiger partial charge is 0.493 e. The number of thioether (sulfide) groups is 1. The van der Waals surface area contributed by atoms with Crippen LogP contribution in [0.1, 0.15) is 43.2 Å². The van der Waals surface area contributed by atoms with E-state index in [2.05, 4.69) is 6.92 Å². The van der Waals surface area contributed by atoms with E-state index in [1.807, 2.05) is 47.4 Å². The summed E-state index contributed by atoms with van der Waals surface area (Å²) in [4.78, 5) is 21.0. The van der Waals surface area contributed by atoms with E-state index in [1.165, 1.54) is 23.7 Å². The Bertz CT molecular complexity index is 1050. The molecule has 1 saturated heterocycles. The Morgan fingerprint density at radius 2 is 1.61 bits per heavy atom. The Kier molecular flexibility index (Phi) is 7.28. The fourth-order valence-corrected chi connectivity index (χ4v) is 5.35. The number of carbonyl (C=O) groups is 1. The molecule has 0 unspecified atom stereocenters. The molecule has 0 bridgehead atoms. The van der Waals surface area contributed by atoms with Crippen molar-refractivity contribution in [1.29, 1.82) is 0 Å². The first kappa shape index (κ1) is 23.2. The Morgan fingerprint density at radius 1 is 0.970 bits per heavy atom. The normalized spacial score (nSPS) is 19.4. The monoisotopic (exact) mass is 466 g/mol. The molecule has 1 amide bonds. The minimum atomic E-state index is 0.00603. The van der Waals surface area contributed by atoms with E-state index in [-0.39, 0.29) is 11.9 Å². The average molecular weight is 467 g/mol. The summed E-state index contributed by atoms with van der Waals surface area (Å²) in [5, 5.41) is 0.745. The van der Waals surface area contributed by atoms with Crippen molar-refractivity contribution in [2.45, 2.75) is 45.1 Å². The molecular formula is C26H30N2O4S. The molecule has 174 valence electrons. The van der Waals surface area contributed by atoms with Crippen LogP contribution in [-0.4, -0.2) is 43.3 Å². The molecule has 2 aliphatic rings. The second-order valence-corrected chi connectivity index (χ2v) is 9.28. The number of methoxy groups -OCH3 is 3. The van der Waals surface area contributed by atoms with Crippen LogP contribution in [0.3, 0.4) is 0 Å². The van der Waals surface area contributed by atoms with Crippen molar-refractivity contribution in [3.63, 3.8) is 0 Å². The summed E-state index contributed by atoms with van der Waals surface area (Å²) < 4.78 is 16.4. The Labute approximate surface area is 199 Å². The Balaban J connectivity index is 1.73. The highest BCUT2D eigenvalue weighted by molar-refractivity contribution is 8.18. The van der Waals surface area contributed by atoms with Gasteiger partial charge in [0.15, 0.2) is 16.7 Å². The van der Waals surface area contributed by atoms with Crippen LogP contribution in [0.5, 0.6) is 17.2 Å². The number of nitrogens with zero attached hydrogens (tertiary/aromatic N) is 2. The molecule has 33 heavy (non-hydrogen) atoms. The van der Waals surface area contributed by atoms with Gasteiger partial charge in [-0.2, -0.15) is 0 Å². The number of carbonyl (C=O) groups excluding carboxylic acids is 1. The van der Waals surface area contributed by atoms with Crippen LogP contribution in [0.2, 0.25) is 0 Å². The zero-order valence-corrected chi connectivity index (χ0v) is 20.4. The summed E-state index contributed by atoms with van der Waals surface area (Å²) in [6, 6.07) is 12.0. The first-order chi connectivity index (χ1) is 16.0. The molecule has 0 N–H and O–H groups in total. The maximum Gasteiger partial charge on any atom is 0.267 e. The summed E-state index contributed by atoms with van der Waals surface area (Å²) in [6.45, 7) is 2.05. The van der Waals surface area contributed by atoms with Crippen LogP contribution < -0.4 is 14.2 Å². The van der Waals surface area contributed by atoms with Crippen molar-refractivity contribution in [3.8, 4) is 17.2 Å². The lowest BCUT2D eigenvalue weighted by molar-refractivity contribution is -0.124. The first-order valence-corrected chi connectivity index (χ1v) is 12.0. The van der Waals surface area contributed by atoms with Gasteiger partial charge >= 0.3 is 0 Å². The van der Waals surface area contributed by atoms with Crippen LogP contribution in [-0.2, 0) is 4.79 Å². The molecule has 7 heteroatoms. The second-order valence-electron chi connectivity index (χ2n) is 8.27. The van der Waals surface area contributed by atoms with Gasteiger partial charge in [-0.25, -0.2) is 4.99 Å². The smallest absolute Gasteiger partial charge is 0.267 e. The summed E-state index contributed by atoms with van der Waals surface area (Å²) in [6.07, 6.45) is 7.41. The van der Waals surface area contributed by atoms with E-state index in [4.69, 9.17) is 19.2 Å². The predicted molar refractivity (Wildman–Crippen MR) is 134 cm³/mol. The first-order valence-electron chi connectivity index (χ1n) is 11.2. The van der Waals surface area contributed by atoms with Gasteiger partial charge in [0.05, 0.1) is 31.9 Å². The van der Waals surface area contributed by atoms with E-state index >= 15 is 0 Å². The van der Waals surface area contributed by atoms with E-state index in [9.17, 15) is 4.79 Å². The Hall–Kier alpha value is -2.93. The molecule has 1 heterocycles. The van der Waals surface area contributed by atoms with E-state index in [0.29, 0.717) is 22.2 Å². The molecule has 1 aliphatic carbocycles. The van der Waals surface area contributed by atoms with Gasteiger partial charge in [-0.1, -0.05) is 37.0 Å². The van der Waals surface area contributed by atoms with Crippen LogP contribution in [0.15, 0.2) is 46.3 Å². The fraction of sp³-hybridized carbons (Fsp3) is 0.385. The van der Waals surface area contributed by atoms with Crippen molar-refractivity contribution < 1.29 is 19.0 Å². The van der Waals surface area contributed by atoms with Crippen LogP contribution in [0.4, 0.5) is 5.69 Å². The SMILES string of the molecule is COc1cc(/C=C2/SC(=Nc3ccc(C)cc3)N(C3CCCCC3)C2=O)cc(OC)c1OC. The highest BCUT2D eigenvalue weighted by Crippen LogP contribution is 2.42. The third-order valence-corrected chi connectivity index (χ3v) is 7.00. The van der Waals surface area contributed by atoms with Crippen LogP contribution in [0.25, 0.3) is 6.08 Å². The van der Waals surface area contributed by atoms with Crippen molar-refractivity contribution in [1.82, 2.24) is 4.90 Å². The average Bonchev–Trinajstić information content (AvgIpc) is 3.14. The van der Waals surface area contributed by atoms with E-state index in [1.54, 1.807) is 21.3 Å². The number of amidine groups is 1. The molecule has 2 fully saturated rings. The maximum absolute atomic E-state index is 13.6. The van der Waals surface area contributed by atoms with Crippen LogP contribution in [0, 0.1) is 6.92 Å². The zero-order valence-electron chi connectivity index (χ0n) is 19.6. The highest BCUT2D eigenvalue weighted by Gasteiger charge is 2.38. The number of aryl methyl sites for hydroxylation is 1. The lowest BCUT2D eigenvalue weighted by Gasteiger charge is -2.30. The molecule has 0 atom stereocenters. The number of benzene rings is 2. The van der Waals surface area contributed by atoms with Gasteiger partial charge in [0.1, 0.15) is 0 Å². The molecule has 1 aliphatic heterocycles. The fourth-order valence-electron chi connectivity index (χ4n) is 4.29. The molecule has 2 aromatic carbocycles. The minimum Gasteiger partial charge on any atom is -0.493 e. The summed E-state index contributed by atoms with van der Waals surface area (Å²) in [7, 11) is 4.74. The number of hydrogen-bond acceptors (Lipinski definition) is 6. The van der Waals surface area contributed by atoms with E-state index in [0.717, 1.165) is 42.1 Å². The standard InChI is InChI=1S/C26H30N2O4S/c1-17-10-12-19(13-11-17)27-26-28(20-8-6-5-7-9-20)25(29)23(33-26)16-18-14-21(30-2)24(32-4)22(15-18)31-3/h10-16,20H,5-9H2,1-4H3/b23-16+,27-26?. The van der Waals surface area contributed by atoms with Gasteiger partial charge in [-0.3, -0.25) is 9.69 Å². The molecule has 0 radical (unpaired) electrons. The van der Waals surface area contributed by atoms with Crippen molar-refractivity contribution >= 4 is 34.6 Å². The number of hydrogen-bond donors (Lipinski definition) is 0. The van der Waals surface area contributed by atoms with Crippen LogP contribution >= 0.6 is 11.8 Å². The molecule has 6 nitrogen and oxygen atoms in total. The molecule has 4 rings (SSSR count). The molecule has 1 saturated carbocycles. The number of rotatable bonds is 6. The third-order valence-electron chi connectivity index (χ3n) is 6.02. The predicted octanol–water partition coefficient (Wildman–Crippen LogP) is 5.96. The van der Waals surface area contributed by atoms with Crippen molar-refractivity contribution in [2.75, 3.05) is 21.3 Å². The maximum atomic E-state index is 13.6.